The average Bonchev–Trinajstić information content (AvgIpc) is 2.08. The summed E-state index contributed by atoms with van der Waals surface area (Å²) < 4.78 is 0.127. The highest BCUT2D eigenvalue weighted by molar-refractivity contribution is 7.81. The Morgan fingerprint density at radius 1 is 1.00 bits per heavy atom. The maximum Gasteiger partial charge on any atom is 0.0198 e. The number of thiol groups is 1. The Labute approximate surface area is 95.5 Å². The second-order valence-corrected chi connectivity index (χ2v) is 5.97. The van der Waals surface area contributed by atoms with Gasteiger partial charge in [0, 0.05) is 11.3 Å². The predicted octanol–water partition coefficient (Wildman–Crippen LogP) is 3.64. The van der Waals surface area contributed by atoms with E-state index in [1.54, 1.807) is 0 Å². The van der Waals surface area contributed by atoms with Gasteiger partial charge in [0.25, 0.3) is 0 Å². The van der Waals surface area contributed by atoms with Crippen LogP contribution in [0, 0.1) is 0 Å². The van der Waals surface area contributed by atoms with Crippen LogP contribution in [0.2, 0.25) is 0 Å². The van der Waals surface area contributed by atoms with Crippen LogP contribution in [0.4, 0.5) is 0 Å². The summed E-state index contributed by atoms with van der Waals surface area (Å²) in [5, 5.41) is 3.44. The molecule has 0 spiro atoms. The molecule has 1 nitrogen and oxygen atoms in total. The SMILES string of the molecule is CCCCCCCCNCC(C)(C)S. The van der Waals surface area contributed by atoms with Gasteiger partial charge in [-0.05, 0) is 26.8 Å². The van der Waals surface area contributed by atoms with E-state index in [2.05, 4.69) is 38.7 Å². The molecule has 0 radical (unpaired) electrons. The molecule has 0 fully saturated rings. The molecular formula is C12H27NS. The third kappa shape index (κ3) is 12.3. The molecule has 0 aliphatic heterocycles. The van der Waals surface area contributed by atoms with Gasteiger partial charge in [-0.25, -0.2) is 0 Å². The molecule has 0 amide bonds. The van der Waals surface area contributed by atoms with Crippen molar-refractivity contribution >= 4 is 12.6 Å². The van der Waals surface area contributed by atoms with Gasteiger partial charge in [0.15, 0.2) is 0 Å². The van der Waals surface area contributed by atoms with E-state index < -0.39 is 0 Å². The molecule has 0 saturated carbocycles. The highest BCUT2D eigenvalue weighted by Crippen LogP contribution is 2.09. The molecule has 0 aromatic heterocycles. The first kappa shape index (κ1) is 14.3. The van der Waals surface area contributed by atoms with Gasteiger partial charge in [0.05, 0.1) is 0 Å². The number of hydrogen-bond acceptors (Lipinski definition) is 2. The molecule has 1 N–H and O–H groups in total. The minimum atomic E-state index is 0.127. The zero-order chi connectivity index (χ0) is 10.9. The molecule has 0 aliphatic rings. The van der Waals surface area contributed by atoms with Crippen LogP contribution in [0.1, 0.15) is 59.3 Å². The van der Waals surface area contributed by atoms with Crippen LogP contribution in [-0.2, 0) is 0 Å². The van der Waals surface area contributed by atoms with Crippen molar-refractivity contribution in [2.45, 2.75) is 64.0 Å². The summed E-state index contributed by atoms with van der Waals surface area (Å²) in [5.41, 5.74) is 0. The van der Waals surface area contributed by atoms with Crippen LogP contribution in [-0.4, -0.2) is 17.8 Å². The van der Waals surface area contributed by atoms with E-state index in [-0.39, 0.29) is 4.75 Å². The van der Waals surface area contributed by atoms with Crippen molar-refractivity contribution in [3.63, 3.8) is 0 Å². The lowest BCUT2D eigenvalue weighted by Gasteiger charge is -2.17. The van der Waals surface area contributed by atoms with Crippen molar-refractivity contribution in [1.29, 1.82) is 0 Å². The minimum absolute atomic E-state index is 0.127. The summed E-state index contributed by atoms with van der Waals surface area (Å²) in [7, 11) is 0. The highest BCUT2D eigenvalue weighted by atomic mass is 32.1. The quantitative estimate of drug-likeness (QED) is 0.444. The van der Waals surface area contributed by atoms with Gasteiger partial charge in [-0.1, -0.05) is 39.0 Å². The van der Waals surface area contributed by atoms with Crippen LogP contribution >= 0.6 is 12.6 Å². The Bertz CT molecular complexity index is 118. The molecule has 86 valence electrons. The lowest BCUT2D eigenvalue weighted by atomic mass is 10.1. The first-order valence-electron chi connectivity index (χ1n) is 5.99. The van der Waals surface area contributed by atoms with E-state index in [0.29, 0.717) is 0 Å². The van der Waals surface area contributed by atoms with E-state index in [1.807, 2.05) is 0 Å². The Morgan fingerprint density at radius 2 is 1.57 bits per heavy atom. The van der Waals surface area contributed by atoms with Gasteiger partial charge >= 0.3 is 0 Å². The number of rotatable bonds is 9. The molecule has 0 aromatic carbocycles. The fourth-order valence-electron chi connectivity index (χ4n) is 1.42. The van der Waals surface area contributed by atoms with Crippen molar-refractivity contribution < 1.29 is 0 Å². The van der Waals surface area contributed by atoms with Crippen molar-refractivity contribution in [2.24, 2.45) is 0 Å². The van der Waals surface area contributed by atoms with E-state index in [0.717, 1.165) is 13.1 Å². The highest BCUT2D eigenvalue weighted by Gasteiger charge is 2.09. The smallest absolute Gasteiger partial charge is 0.0198 e. The molecule has 0 saturated heterocycles. The van der Waals surface area contributed by atoms with E-state index >= 15 is 0 Å². The molecule has 0 bridgehead atoms. The number of nitrogens with one attached hydrogen (secondary N) is 1. The molecular weight excluding hydrogens is 190 g/mol. The fraction of sp³-hybridized carbons (Fsp3) is 1.00. The van der Waals surface area contributed by atoms with Crippen molar-refractivity contribution in [3.05, 3.63) is 0 Å². The van der Waals surface area contributed by atoms with Crippen molar-refractivity contribution in [2.75, 3.05) is 13.1 Å². The summed E-state index contributed by atoms with van der Waals surface area (Å²) in [6, 6.07) is 0. The molecule has 0 unspecified atom stereocenters. The minimum Gasteiger partial charge on any atom is -0.315 e. The Balaban J connectivity index is 2.99. The van der Waals surface area contributed by atoms with E-state index in [1.165, 1.54) is 38.5 Å². The first-order valence-corrected chi connectivity index (χ1v) is 6.44. The fourth-order valence-corrected chi connectivity index (χ4v) is 1.54. The largest absolute Gasteiger partial charge is 0.315 e. The summed E-state index contributed by atoms with van der Waals surface area (Å²) in [6.07, 6.45) is 8.24. The molecule has 0 atom stereocenters. The average molecular weight is 217 g/mol. The van der Waals surface area contributed by atoms with Gasteiger partial charge in [-0.15, -0.1) is 0 Å². The van der Waals surface area contributed by atoms with Crippen LogP contribution in [0.5, 0.6) is 0 Å². The lowest BCUT2D eigenvalue weighted by Crippen LogP contribution is -2.30. The van der Waals surface area contributed by atoms with Gasteiger partial charge in [0.2, 0.25) is 0 Å². The maximum atomic E-state index is 4.46. The van der Waals surface area contributed by atoms with Gasteiger partial charge < -0.3 is 5.32 Å². The topological polar surface area (TPSA) is 12.0 Å². The number of unbranched alkanes of at least 4 members (excludes halogenated alkanes) is 5. The third-order valence-corrected chi connectivity index (χ3v) is 2.42. The standard InChI is InChI=1S/C12H27NS/c1-4-5-6-7-8-9-10-13-11-12(2,3)14/h13-14H,4-11H2,1-3H3. The molecule has 0 heterocycles. The van der Waals surface area contributed by atoms with E-state index in [9.17, 15) is 0 Å². The van der Waals surface area contributed by atoms with Crippen LogP contribution in [0.25, 0.3) is 0 Å². The predicted molar refractivity (Wildman–Crippen MR) is 69.3 cm³/mol. The van der Waals surface area contributed by atoms with Gasteiger partial charge in [-0.2, -0.15) is 12.6 Å². The van der Waals surface area contributed by atoms with Crippen molar-refractivity contribution in [1.82, 2.24) is 5.32 Å². The molecule has 0 rings (SSSR count). The zero-order valence-corrected chi connectivity index (χ0v) is 11.0. The summed E-state index contributed by atoms with van der Waals surface area (Å²) in [4.78, 5) is 0. The zero-order valence-electron chi connectivity index (χ0n) is 10.1. The maximum absolute atomic E-state index is 4.46. The first-order chi connectivity index (χ1) is 6.56. The normalized spacial score (nSPS) is 12.0. The Hall–Kier alpha value is 0.310. The molecule has 2 heteroatoms. The molecule has 0 aromatic rings. The summed E-state index contributed by atoms with van der Waals surface area (Å²) in [5.74, 6) is 0. The number of hydrogen-bond donors (Lipinski definition) is 2. The van der Waals surface area contributed by atoms with E-state index in [4.69, 9.17) is 0 Å². The lowest BCUT2D eigenvalue weighted by molar-refractivity contribution is 0.545. The van der Waals surface area contributed by atoms with Crippen molar-refractivity contribution in [3.8, 4) is 0 Å². The van der Waals surface area contributed by atoms with Gasteiger partial charge in [-0.3, -0.25) is 0 Å². The van der Waals surface area contributed by atoms with Crippen LogP contribution < -0.4 is 5.32 Å². The molecule has 0 aliphatic carbocycles. The van der Waals surface area contributed by atoms with Crippen LogP contribution in [0.3, 0.4) is 0 Å². The summed E-state index contributed by atoms with van der Waals surface area (Å²) in [6.45, 7) is 8.70. The second-order valence-electron chi connectivity index (χ2n) is 4.76. The summed E-state index contributed by atoms with van der Waals surface area (Å²) >= 11 is 4.46. The third-order valence-electron chi connectivity index (χ3n) is 2.26. The second kappa shape index (κ2) is 8.60. The monoisotopic (exact) mass is 217 g/mol. The Morgan fingerprint density at radius 3 is 2.14 bits per heavy atom. The Kier molecular flexibility index (Phi) is 8.80. The van der Waals surface area contributed by atoms with Gasteiger partial charge in [0.1, 0.15) is 0 Å². The van der Waals surface area contributed by atoms with Crippen LogP contribution in [0.15, 0.2) is 0 Å². The molecule has 14 heavy (non-hydrogen) atoms.